The largest absolute Gasteiger partial charge is 0.376 e. The lowest BCUT2D eigenvalue weighted by Crippen LogP contribution is -2.47. The van der Waals surface area contributed by atoms with Crippen molar-refractivity contribution >= 4 is 10.4 Å². The van der Waals surface area contributed by atoms with Crippen LogP contribution < -0.4 is 4.72 Å². The van der Waals surface area contributed by atoms with Gasteiger partial charge in [-0.25, -0.2) is 0 Å². The van der Waals surface area contributed by atoms with Crippen LogP contribution in [0.1, 0.15) is 6.92 Å². The molecular weight excluding hydrogens is 177 g/mol. The van der Waals surface area contributed by atoms with Gasteiger partial charge in [0.25, 0.3) is 0 Å². The van der Waals surface area contributed by atoms with Crippen molar-refractivity contribution < 1.29 is 21.8 Å². The van der Waals surface area contributed by atoms with Gasteiger partial charge in [-0.3, -0.25) is 0 Å². The Morgan fingerprint density at radius 2 is 1.73 bits per heavy atom. The van der Waals surface area contributed by atoms with E-state index in [-0.39, 0.29) is 0 Å². The minimum Gasteiger partial charge on any atom is -0.340 e. The Bertz CT molecular complexity index is 210. The first-order valence-corrected chi connectivity index (χ1v) is 4.05. The summed E-state index contributed by atoms with van der Waals surface area (Å²) in [5.74, 6) is -1.65. The summed E-state index contributed by atoms with van der Waals surface area (Å²) < 4.78 is 42.5. The van der Waals surface area contributed by atoms with Crippen molar-refractivity contribution in [3.8, 4) is 0 Å². The Balaban J connectivity index is 4.32. The smallest absolute Gasteiger partial charge is 0.340 e. The summed E-state index contributed by atoms with van der Waals surface area (Å²) in [5.41, 5.74) is 0. The van der Waals surface area contributed by atoms with E-state index in [1.54, 1.807) is 0 Å². The molecule has 0 rings (SSSR count). The molecule has 0 aliphatic heterocycles. The Hall–Kier alpha value is -0.240. The molecule has 0 aromatic rings. The predicted octanol–water partition coefficient (Wildman–Crippen LogP) is -0.243. The molecule has 0 unspecified atom stereocenters. The third-order valence-electron chi connectivity index (χ3n) is 1.09. The molecule has 0 amide bonds. The topological polar surface area (TPSA) is 64.6 Å². The Morgan fingerprint density at radius 3 is 1.82 bits per heavy atom. The zero-order valence-corrected chi connectivity index (χ0v) is 7.24. The highest BCUT2D eigenvalue weighted by Gasteiger charge is 2.28. The van der Waals surface area contributed by atoms with Crippen molar-refractivity contribution in [1.29, 1.82) is 0 Å². The van der Waals surface area contributed by atoms with E-state index in [0.29, 0.717) is 0 Å². The zero-order chi connectivity index (χ0) is 9.12. The summed E-state index contributed by atoms with van der Waals surface area (Å²) in [7, 11) is -2.44. The van der Waals surface area contributed by atoms with Gasteiger partial charge < -0.3 is 9.47 Å². The van der Waals surface area contributed by atoms with E-state index in [9.17, 15) is 12.3 Å². The molecule has 0 atom stereocenters. The SMILES string of the molecule is COC(C)(NS(=O)(=O)F)OC. The van der Waals surface area contributed by atoms with Crippen molar-refractivity contribution in [1.82, 2.24) is 4.72 Å². The predicted molar refractivity (Wildman–Crippen MR) is 35.6 cm³/mol. The Morgan fingerprint density at radius 1 is 1.36 bits per heavy atom. The second-order valence-corrected chi connectivity index (χ2v) is 2.97. The summed E-state index contributed by atoms with van der Waals surface area (Å²) in [5, 5.41) is 0. The number of methoxy groups -OCH3 is 2. The van der Waals surface area contributed by atoms with Crippen molar-refractivity contribution in [2.45, 2.75) is 12.8 Å². The fourth-order valence-corrected chi connectivity index (χ4v) is 0.998. The zero-order valence-electron chi connectivity index (χ0n) is 6.42. The Labute approximate surface area is 64.8 Å². The van der Waals surface area contributed by atoms with Crippen LogP contribution in [0, 0.1) is 0 Å². The second kappa shape index (κ2) is 3.44. The van der Waals surface area contributed by atoms with E-state index in [1.807, 2.05) is 0 Å². The van der Waals surface area contributed by atoms with Crippen LogP contribution in [-0.2, 0) is 19.9 Å². The standard InChI is InChI=1S/C4H10FNO4S/c1-4(9-2,10-3)6-11(5,7)8/h6H,1-3H3. The average Bonchev–Trinajstić information content (AvgIpc) is 1.84. The summed E-state index contributed by atoms with van der Waals surface area (Å²) in [4.78, 5) is 0. The summed E-state index contributed by atoms with van der Waals surface area (Å²) in [6, 6.07) is 0. The van der Waals surface area contributed by atoms with E-state index in [4.69, 9.17) is 0 Å². The van der Waals surface area contributed by atoms with Gasteiger partial charge in [-0.1, -0.05) is 3.89 Å². The number of nitrogens with one attached hydrogen (secondary N) is 1. The minimum atomic E-state index is -4.81. The van der Waals surface area contributed by atoms with E-state index < -0.39 is 16.3 Å². The fourth-order valence-electron chi connectivity index (χ4n) is 0.388. The van der Waals surface area contributed by atoms with Crippen LogP contribution in [0.25, 0.3) is 0 Å². The van der Waals surface area contributed by atoms with Gasteiger partial charge in [0.15, 0.2) is 0 Å². The molecule has 0 heterocycles. The van der Waals surface area contributed by atoms with Crippen molar-refractivity contribution in [3.05, 3.63) is 0 Å². The van der Waals surface area contributed by atoms with Gasteiger partial charge in [0.2, 0.25) is 5.91 Å². The summed E-state index contributed by atoms with van der Waals surface area (Å²) in [6.45, 7) is 1.23. The number of ether oxygens (including phenoxy) is 2. The molecule has 0 aliphatic carbocycles. The Kier molecular flexibility index (Phi) is 3.36. The van der Waals surface area contributed by atoms with Crippen LogP contribution in [0.5, 0.6) is 0 Å². The van der Waals surface area contributed by atoms with Crippen LogP contribution in [0.4, 0.5) is 3.89 Å². The number of hydrogen-bond donors (Lipinski definition) is 1. The molecule has 7 heteroatoms. The van der Waals surface area contributed by atoms with Crippen LogP contribution in [0.3, 0.4) is 0 Å². The molecule has 0 aromatic heterocycles. The lowest BCUT2D eigenvalue weighted by Gasteiger charge is -2.24. The molecule has 0 spiro atoms. The maximum Gasteiger partial charge on any atom is 0.376 e. The van der Waals surface area contributed by atoms with E-state index in [0.717, 1.165) is 0 Å². The van der Waals surface area contributed by atoms with Crippen molar-refractivity contribution in [3.63, 3.8) is 0 Å². The van der Waals surface area contributed by atoms with Gasteiger partial charge in [-0.05, 0) is 0 Å². The minimum absolute atomic E-state index is 1.18. The quantitative estimate of drug-likeness (QED) is 0.487. The molecule has 0 fully saturated rings. The molecule has 0 aliphatic rings. The average molecular weight is 187 g/mol. The van der Waals surface area contributed by atoms with Crippen LogP contribution in [-0.4, -0.2) is 28.5 Å². The summed E-state index contributed by atoms with van der Waals surface area (Å²) >= 11 is 0. The maximum absolute atomic E-state index is 12.0. The number of halogens is 1. The molecule has 0 saturated heterocycles. The van der Waals surface area contributed by atoms with Crippen LogP contribution in [0.15, 0.2) is 0 Å². The first kappa shape index (κ1) is 10.8. The molecule has 0 saturated carbocycles. The van der Waals surface area contributed by atoms with Gasteiger partial charge in [-0.15, -0.1) is 4.72 Å². The van der Waals surface area contributed by atoms with Gasteiger partial charge in [0.1, 0.15) is 0 Å². The van der Waals surface area contributed by atoms with Gasteiger partial charge >= 0.3 is 10.4 Å². The van der Waals surface area contributed by atoms with E-state index in [1.165, 1.54) is 25.9 Å². The molecule has 11 heavy (non-hydrogen) atoms. The molecule has 0 bridgehead atoms. The van der Waals surface area contributed by atoms with E-state index >= 15 is 0 Å². The molecular formula is C4H10FNO4S. The lowest BCUT2D eigenvalue weighted by atomic mass is 10.6. The first-order valence-electron chi connectivity index (χ1n) is 2.67. The first-order chi connectivity index (χ1) is 4.83. The molecule has 68 valence electrons. The maximum atomic E-state index is 12.0. The molecule has 0 aromatic carbocycles. The molecule has 1 N–H and O–H groups in total. The van der Waals surface area contributed by atoms with Crippen molar-refractivity contribution in [2.75, 3.05) is 14.2 Å². The highest BCUT2D eigenvalue weighted by Crippen LogP contribution is 2.06. The third-order valence-corrected chi connectivity index (χ3v) is 1.70. The highest BCUT2D eigenvalue weighted by molar-refractivity contribution is 7.84. The van der Waals surface area contributed by atoms with Crippen molar-refractivity contribution in [2.24, 2.45) is 0 Å². The molecule has 5 nitrogen and oxygen atoms in total. The van der Waals surface area contributed by atoms with Gasteiger partial charge in [-0.2, -0.15) is 8.42 Å². The van der Waals surface area contributed by atoms with Gasteiger partial charge in [0, 0.05) is 21.1 Å². The highest BCUT2D eigenvalue weighted by atomic mass is 32.3. The molecule has 0 radical (unpaired) electrons. The van der Waals surface area contributed by atoms with Gasteiger partial charge in [0.05, 0.1) is 0 Å². The normalized spacial score (nSPS) is 13.5. The monoisotopic (exact) mass is 187 g/mol. The van der Waals surface area contributed by atoms with Crippen LogP contribution >= 0.6 is 0 Å². The number of rotatable bonds is 4. The summed E-state index contributed by atoms with van der Waals surface area (Å²) in [6.07, 6.45) is 0. The second-order valence-electron chi connectivity index (χ2n) is 1.89. The van der Waals surface area contributed by atoms with E-state index in [2.05, 4.69) is 9.47 Å². The third kappa shape index (κ3) is 4.25. The fraction of sp³-hybridized carbons (Fsp3) is 1.00. The lowest BCUT2D eigenvalue weighted by molar-refractivity contribution is -0.200. The number of hydrogen-bond acceptors (Lipinski definition) is 4. The van der Waals surface area contributed by atoms with Crippen LogP contribution in [0.2, 0.25) is 0 Å².